The largest absolute Gasteiger partial charge is 0.326 e. The third-order valence-corrected chi connectivity index (χ3v) is 4.48. The van der Waals surface area contributed by atoms with E-state index in [4.69, 9.17) is 0 Å². The molecule has 0 radical (unpaired) electrons. The Labute approximate surface area is 162 Å². The van der Waals surface area contributed by atoms with E-state index in [9.17, 15) is 19.2 Å². The van der Waals surface area contributed by atoms with Crippen LogP contribution in [-0.4, -0.2) is 34.6 Å². The summed E-state index contributed by atoms with van der Waals surface area (Å²) < 4.78 is 0. The number of carbonyl (C=O) groups excluding carboxylic acids is 4. The van der Waals surface area contributed by atoms with Gasteiger partial charge in [-0.25, -0.2) is 0 Å². The molecule has 1 heterocycles. The summed E-state index contributed by atoms with van der Waals surface area (Å²) in [5.74, 6) is -1.84. The number of imide groups is 1. The van der Waals surface area contributed by atoms with E-state index in [1.165, 1.54) is 6.92 Å². The molecule has 0 fully saturated rings. The number of hydrogen-bond donors (Lipinski definition) is 2. The van der Waals surface area contributed by atoms with Gasteiger partial charge in [0.15, 0.2) is 0 Å². The van der Waals surface area contributed by atoms with Crippen molar-refractivity contribution >= 4 is 35.0 Å². The van der Waals surface area contributed by atoms with Crippen LogP contribution >= 0.6 is 0 Å². The molecule has 0 saturated heterocycles. The molecular weight excluding hydrogens is 358 g/mol. The molecule has 0 aromatic heterocycles. The van der Waals surface area contributed by atoms with E-state index in [2.05, 4.69) is 10.6 Å². The lowest BCUT2D eigenvalue weighted by Crippen LogP contribution is -2.50. The first kappa shape index (κ1) is 19.3. The predicted molar refractivity (Wildman–Crippen MR) is 105 cm³/mol. The van der Waals surface area contributed by atoms with Gasteiger partial charge in [0.1, 0.15) is 6.04 Å². The monoisotopic (exact) mass is 379 g/mol. The van der Waals surface area contributed by atoms with Crippen molar-refractivity contribution in [1.82, 2.24) is 4.90 Å². The van der Waals surface area contributed by atoms with E-state index >= 15 is 0 Å². The number of fused-ring (bicyclic) bond motifs is 1. The van der Waals surface area contributed by atoms with Crippen molar-refractivity contribution < 1.29 is 19.2 Å². The topological polar surface area (TPSA) is 95.6 Å². The second kappa shape index (κ2) is 7.64. The summed E-state index contributed by atoms with van der Waals surface area (Å²) in [6, 6.07) is 12.2. The lowest BCUT2D eigenvalue weighted by Gasteiger charge is -2.28. The number of anilines is 2. The minimum Gasteiger partial charge on any atom is -0.326 e. The fourth-order valence-corrected chi connectivity index (χ4v) is 3.24. The smallest absolute Gasteiger partial charge is 0.262 e. The maximum absolute atomic E-state index is 12.9. The van der Waals surface area contributed by atoms with E-state index in [1.54, 1.807) is 62.4 Å². The molecule has 0 aliphatic carbocycles. The average Bonchev–Trinajstić information content (AvgIpc) is 2.88. The zero-order valence-electron chi connectivity index (χ0n) is 15.9. The first-order valence-electron chi connectivity index (χ1n) is 8.95. The third-order valence-electron chi connectivity index (χ3n) is 4.48. The van der Waals surface area contributed by atoms with Gasteiger partial charge in [0, 0.05) is 18.3 Å². The number of carbonyl (C=O) groups is 4. The summed E-state index contributed by atoms with van der Waals surface area (Å²) in [7, 11) is 0. The molecule has 2 N–H and O–H groups in total. The van der Waals surface area contributed by atoms with Crippen molar-refractivity contribution in [3.8, 4) is 0 Å². The van der Waals surface area contributed by atoms with Crippen molar-refractivity contribution in [2.45, 2.75) is 26.8 Å². The van der Waals surface area contributed by atoms with E-state index in [0.717, 1.165) is 4.90 Å². The van der Waals surface area contributed by atoms with Crippen LogP contribution in [0, 0.1) is 5.92 Å². The van der Waals surface area contributed by atoms with Gasteiger partial charge in [-0.05, 0) is 42.3 Å². The van der Waals surface area contributed by atoms with Gasteiger partial charge < -0.3 is 10.6 Å². The van der Waals surface area contributed by atoms with Crippen LogP contribution in [-0.2, 0) is 9.59 Å². The van der Waals surface area contributed by atoms with Crippen LogP contribution in [0.1, 0.15) is 41.5 Å². The maximum Gasteiger partial charge on any atom is 0.262 e. The Bertz CT molecular complexity index is 915. The Morgan fingerprint density at radius 3 is 1.71 bits per heavy atom. The van der Waals surface area contributed by atoms with Gasteiger partial charge in [0.2, 0.25) is 11.8 Å². The minimum atomic E-state index is -0.942. The molecule has 0 spiro atoms. The fraction of sp³-hybridized carbons (Fsp3) is 0.238. The average molecular weight is 379 g/mol. The van der Waals surface area contributed by atoms with Crippen LogP contribution in [0.5, 0.6) is 0 Å². The third kappa shape index (κ3) is 3.64. The number of amides is 4. The molecule has 7 heteroatoms. The van der Waals surface area contributed by atoms with Crippen molar-refractivity contribution in [1.29, 1.82) is 0 Å². The SMILES string of the molecule is CC(=O)Nc1ccc(NC(=O)C(C(C)C)N2C(=O)c3ccccc3C2=O)cc1. The van der Waals surface area contributed by atoms with Crippen LogP contribution < -0.4 is 10.6 Å². The Morgan fingerprint density at radius 1 is 0.821 bits per heavy atom. The van der Waals surface area contributed by atoms with Crippen LogP contribution in [0.15, 0.2) is 48.5 Å². The van der Waals surface area contributed by atoms with Gasteiger partial charge >= 0.3 is 0 Å². The molecule has 0 bridgehead atoms. The maximum atomic E-state index is 12.9. The first-order valence-corrected chi connectivity index (χ1v) is 8.95. The van der Waals surface area contributed by atoms with E-state index in [0.29, 0.717) is 22.5 Å². The Kier molecular flexibility index (Phi) is 5.26. The predicted octanol–water partition coefficient (Wildman–Crippen LogP) is 2.90. The van der Waals surface area contributed by atoms with Gasteiger partial charge in [-0.3, -0.25) is 24.1 Å². The van der Waals surface area contributed by atoms with Gasteiger partial charge in [-0.2, -0.15) is 0 Å². The van der Waals surface area contributed by atoms with Crippen LogP contribution in [0.4, 0.5) is 11.4 Å². The first-order chi connectivity index (χ1) is 13.3. The molecule has 1 atom stereocenters. The molecule has 144 valence electrons. The molecular formula is C21H21N3O4. The highest BCUT2D eigenvalue weighted by Gasteiger charge is 2.43. The van der Waals surface area contributed by atoms with Crippen LogP contribution in [0.2, 0.25) is 0 Å². The van der Waals surface area contributed by atoms with Gasteiger partial charge in [0.05, 0.1) is 11.1 Å². The molecule has 28 heavy (non-hydrogen) atoms. The number of rotatable bonds is 5. The second-order valence-electron chi connectivity index (χ2n) is 6.96. The molecule has 0 saturated carbocycles. The normalized spacial score (nSPS) is 14.1. The molecule has 4 amide bonds. The summed E-state index contributed by atoms with van der Waals surface area (Å²) in [6.07, 6.45) is 0. The highest BCUT2D eigenvalue weighted by Crippen LogP contribution is 2.28. The quantitative estimate of drug-likeness (QED) is 0.781. The summed E-state index contributed by atoms with van der Waals surface area (Å²) in [5, 5.41) is 5.39. The highest BCUT2D eigenvalue weighted by atomic mass is 16.2. The number of nitrogens with zero attached hydrogens (tertiary/aromatic N) is 1. The summed E-state index contributed by atoms with van der Waals surface area (Å²) >= 11 is 0. The number of benzene rings is 2. The molecule has 2 aromatic carbocycles. The molecule has 7 nitrogen and oxygen atoms in total. The van der Waals surface area contributed by atoms with E-state index in [-0.39, 0.29) is 11.8 Å². The van der Waals surface area contributed by atoms with Gasteiger partial charge in [0.25, 0.3) is 11.8 Å². The Morgan fingerprint density at radius 2 is 1.29 bits per heavy atom. The summed E-state index contributed by atoms with van der Waals surface area (Å²) in [5.41, 5.74) is 1.73. The Balaban J connectivity index is 1.81. The van der Waals surface area contributed by atoms with Gasteiger partial charge in [-0.1, -0.05) is 26.0 Å². The fourth-order valence-electron chi connectivity index (χ4n) is 3.24. The Hall–Kier alpha value is -3.48. The lowest BCUT2D eigenvalue weighted by molar-refractivity contribution is -0.121. The second-order valence-corrected chi connectivity index (χ2v) is 6.96. The zero-order valence-corrected chi connectivity index (χ0v) is 15.9. The van der Waals surface area contributed by atoms with E-state index < -0.39 is 23.8 Å². The highest BCUT2D eigenvalue weighted by molar-refractivity contribution is 6.23. The van der Waals surface area contributed by atoms with Gasteiger partial charge in [-0.15, -0.1) is 0 Å². The molecule has 1 unspecified atom stereocenters. The van der Waals surface area contributed by atoms with Crippen molar-refractivity contribution in [2.75, 3.05) is 10.6 Å². The van der Waals surface area contributed by atoms with Crippen molar-refractivity contribution in [2.24, 2.45) is 5.92 Å². The van der Waals surface area contributed by atoms with Crippen LogP contribution in [0.25, 0.3) is 0 Å². The number of hydrogen-bond acceptors (Lipinski definition) is 4. The van der Waals surface area contributed by atoms with E-state index in [1.807, 2.05) is 0 Å². The standard InChI is InChI=1S/C21H21N3O4/c1-12(2)18(24-20(27)16-6-4-5-7-17(16)21(24)28)19(26)23-15-10-8-14(9-11-15)22-13(3)25/h4-12,18H,1-3H3,(H,22,25)(H,23,26). The minimum absolute atomic E-state index is 0.192. The van der Waals surface area contributed by atoms with Crippen molar-refractivity contribution in [3.63, 3.8) is 0 Å². The number of nitrogens with one attached hydrogen (secondary N) is 2. The van der Waals surface area contributed by atoms with Crippen molar-refractivity contribution in [3.05, 3.63) is 59.7 Å². The molecule has 2 aromatic rings. The lowest BCUT2D eigenvalue weighted by atomic mass is 10.0. The molecule has 1 aliphatic rings. The summed E-state index contributed by atoms with van der Waals surface area (Å²) in [4.78, 5) is 50.5. The summed E-state index contributed by atoms with van der Waals surface area (Å²) in [6.45, 7) is 4.98. The zero-order chi connectivity index (χ0) is 20.4. The molecule has 1 aliphatic heterocycles. The molecule has 3 rings (SSSR count). The van der Waals surface area contributed by atoms with Crippen LogP contribution in [0.3, 0.4) is 0 Å².